The van der Waals surface area contributed by atoms with Crippen molar-refractivity contribution in [2.45, 2.75) is 6.42 Å². The third-order valence-electron chi connectivity index (χ3n) is 1.70. The van der Waals surface area contributed by atoms with E-state index >= 15 is 0 Å². The van der Waals surface area contributed by atoms with Gasteiger partial charge >= 0.3 is 5.97 Å². The van der Waals surface area contributed by atoms with Crippen molar-refractivity contribution in [2.75, 3.05) is 7.11 Å². The molecule has 4 heteroatoms. The number of phenolic OH excluding ortho intramolecular Hbond substituents is 1. The lowest BCUT2D eigenvalue weighted by atomic mass is 10.1. The summed E-state index contributed by atoms with van der Waals surface area (Å²) in [5, 5.41) is 9.08. The highest BCUT2D eigenvalue weighted by molar-refractivity contribution is 6.06. The smallest absolute Gasteiger partial charge is 0.313 e. The maximum absolute atomic E-state index is 11.4. The van der Waals surface area contributed by atoms with Crippen LogP contribution in [0, 0.1) is 0 Å². The molecule has 0 aliphatic carbocycles. The van der Waals surface area contributed by atoms with E-state index in [4.69, 9.17) is 5.11 Å². The number of phenols is 1. The first kappa shape index (κ1) is 10.2. The Hall–Kier alpha value is -1.84. The molecule has 0 saturated heterocycles. The third-order valence-corrected chi connectivity index (χ3v) is 1.70. The maximum atomic E-state index is 11.4. The fraction of sp³-hybridized carbons (Fsp3) is 0.200. The second-order valence-electron chi connectivity index (χ2n) is 2.73. The van der Waals surface area contributed by atoms with Crippen LogP contribution in [0.5, 0.6) is 5.75 Å². The molecule has 0 bridgehead atoms. The van der Waals surface area contributed by atoms with Gasteiger partial charge in [-0.2, -0.15) is 0 Å². The van der Waals surface area contributed by atoms with E-state index in [2.05, 4.69) is 4.74 Å². The molecular formula is C10H10O4. The largest absolute Gasteiger partial charge is 0.508 e. The molecule has 1 aromatic carbocycles. The molecule has 14 heavy (non-hydrogen) atoms. The molecular weight excluding hydrogens is 184 g/mol. The summed E-state index contributed by atoms with van der Waals surface area (Å²) in [5.41, 5.74) is 0.301. The number of carbonyl (C=O) groups excluding carboxylic acids is 2. The van der Waals surface area contributed by atoms with E-state index in [-0.39, 0.29) is 18.0 Å². The first-order valence-corrected chi connectivity index (χ1v) is 4.02. The zero-order valence-corrected chi connectivity index (χ0v) is 7.69. The van der Waals surface area contributed by atoms with E-state index in [1.807, 2.05) is 0 Å². The average molecular weight is 194 g/mol. The van der Waals surface area contributed by atoms with Crippen LogP contribution in [0.1, 0.15) is 16.8 Å². The minimum Gasteiger partial charge on any atom is -0.508 e. The number of benzene rings is 1. The molecule has 0 spiro atoms. The molecule has 1 rings (SSSR count). The van der Waals surface area contributed by atoms with Gasteiger partial charge in [0.25, 0.3) is 0 Å². The molecule has 0 saturated carbocycles. The number of rotatable bonds is 3. The zero-order chi connectivity index (χ0) is 10.6. The van der Waals surface area contributed by atoms with Crippen molar-refractivity contribution in [1.29, 1.82) is 0 Å². The average Bonchev–Trinajstić information content (AvgIpc) is 2.17. The van der Waals surface area contributed by atoms with Gasteiger partial charge in [-0.3, -0.25) is 9.59 Å². The normalized spacial score (nSPS) is 9.50. The van der Waals surface area contributed by atoms with Crippen LogP contribution in [0.15, 0.2) is 24.3 Å². The number of hydrogen-bond acceptors (Lipinski definition) is 4. The molecule has 74 valence electrons. The quantitative estimate of drug-likeness (QED) is 0.445. The first-order chi connectivity index (χ1) is 6.63. The number of carbonyl (C=O) groups is 2. The number of ether oxygens (including phenoxy) is 1. The molecule has 1 N–H and O–H groups in total. The summed E-state index contributed by atoms with van der Waals surface area (Å²) in [6.07, 6.45) is -0.306. The van der Waals surface area contributed by atoms with E-state index in [0.717, 1.165) is 0 Å². The topological polar surface area (TPSA) is 63.6 Å². The van der Waals surface area contributed by atoms with Crippen LogP contribution in [0.25, 0.3) is 0 Å². The number of ketones is 1. The molecule has 0 aliphatic heterocycles. The summed E-state index contributed by atoms with van der Waals surface area (Å²) in [4.78, 5) is 22.1. The summed E-state index contributed by atoms with van der Waals surface area (Å²) in [6, 6.07) is 5.84. The SMILES string of the molecule is COC(=O)CC(=O)c1cccc(O)c1. The number of esters is 1. The monoisotopic (exact) mass is 194 g/mol. The van der Waals surface area contributed by atoms with Crippen LogP contribution < -0.4 is 0 Å². The predicted octanol–water partition coefficient (Wildman–Crippen LogP) is 1.14. The highest BCUT2D eigenvalue weighted by Gasteiger charge is 2.11. The Morgan fingerprint density at radius 3 is 2.71 bits per heavy atom. The van der Waals surface area contributed by atoms with Gasteiger partial charge in [0.1, 0.15) is 12.2 Å². The van der Waals surface area contributed by atoms with Crippen LogP contribution in [0.3, 0.4) is 0 Å². The first-order valence-electron chi connectivity index (χ1n) is 4.02. The number of Topliss-reactive ketones (excluding diaryl/α,β-unsaturated/α-hetero) is 1. The molecule has 0 atom stereocenters. The number of hydrogen-bond donors (Lipinski definition) is 1. The van der Waals surface area contributed by atoms with Crippen molar-refractivity contribution in [1.82, 2.24) is 0 Å². The van der Waals surface area contributed by atoms with Gasteiger partial charge in [-0.15, -0.1) is 0 Å². The fourth-order valence-electron chi connectivity index (χ4n) is 0.985. The number of methoxy groups -OCH3 is 1. The van der Waals surface area contributed by atoms with Gasteiger partial charge in [0.15, 0.2) is 5.78 Å². The molecule has 0 amide bonds. The van der Waals surface area contributed by atoms with Crippen LogP contribution in [-0.2, 0) is 9.53 Å². The van der Waals surface area contributed by atoms with Crippen molar-refractivity contribution in [3.63, 3.8) is 0 Å². The van der Waals surface area contributed by atoms with Gasteiger partial charge < -0.3 is 9.84 Å². The fourth-order valence-corrected chi connectivity index (χ4v) is 0.985. The maximum Gasteiger partial charge on any atom is 0.313 e. The van der Waals surface area contributed by atoms with Crippen molar-refractivity contribution in [3.05, 3.63) is 29.8 Å². The molecule has 0 fully saturated rings. The Labute approximate surface area is 81.1 Å². The lowest BCUT2D eigenvalue weighted by Gasteiger charge is -2.00. The molecule has 4 nitrogen and oxygen atoms in total. The lowest BCUT2D eigenvalue weighted by Crippen LogP contribution is -2.09. The van der Waals surface area contributed by atoms with E-state index in [9.17, 15) is 9.59 Å². The van der Waals surface area contributed by atoms with Gasteiger partial charge in [-0.25, -0.2) is 0 Å². The van der Waals surface area contributed by atoms with E-state index in [1.54, 1.807) is 6.07 Å². The van der Waals surface area contributed by atoms with Crippen LogP contribution in [0.2, 0.25) is 0 Å². The zero-order valence-electron chi connectivity index (χ0n) is 7.69. The van der Waals surface area contributed by atoms with Crippen LogP contribution in [-0.4, -0.2) is 24.0 Å². The van der Waals surface area contributed by atoms with Gasteiger partial charge in [0.2, 0.25) is 0 Å². The van der Waals surface area contributed by atoms with E-state index in [1.165, 1.54) is 25.3 Å². The highest BCUT2D eigenvalue weighted by atomic mass is 16.5. The summed E-state index contributed by atoms with van der Waals surface area (Å²) in [5.74, 6) is -0.952. The Morgan fingerprint density at radius 1 is 1.43 bits per heavy atom. The molecule has 1 aromatic rings. The molecule has 0 unspecified atom stereocenters. The van der Waals surface area contributed by atoms with Crippen molar-refractivity contribution in [2.24, 2.45) is 0 Å². The van der Waals surface area contributed by atoms with E-state index < -0.39 is 5.97 Å². The van der Waals surface area contributed by atoms with Crippen molar-refractivity contribution < 1.29 is 19.4 Å². The van der Waals surface area contributed by atoms with Gasteiger partial charge in [0.05, 0.1) is 7.11 Å². The Bertz CT molecular complexity index is 357. The third kappa shape index (κ3) is 2.58. The predicted molar refractivity (Wildman–Crippen MR) is 49.1 cm³/mol. The highest BCUT2D eigenvalue weighted by Crippen LogP contribution is 2.12. The Balaban J connectivity index is 2.75. The molecule has 0 radical (unpaired) electrons. The summed E-state index contributed by atoms with van der Waals surface area (Å²) >= 11 is 0. The van der Waals surface area contributed by atoms with Gasteiger partial charge in [-0.05, 0) is 12.1 Å². The van der Waals surface area contributed by atoms with Crippen LogP contribution in [0.4, 0.5) is 0 Å². The molecule has 0 heterocycles. The minimum absolute atomic E-state index is 0.000663. The second kappa shape index (κ2) is 4.41. The van der Waals surface area contributed by atoms with Gasteiger partial charge in [-0.1, -0.05) is 12.1 Å². The summed E-state index contributed by atoms with van der Waals surface area (Å²) in [7, 11) is 1.22. The lowest BCUT2D eigenvalue weighted by molar-refractivity contribution is -0.139. The summed E-state index contributed by atoms with van der Waals surface area (Å²) in [6.45, 7) is 0. The minimum atomic E-state index is -0.585. The van der Waals surface area contributed by atoms with Gasteiger partial charge in [0, 0.05) is 5.56 Å². The summed E-state index contributed by atoms with van der Waals surface area (Å²) < 4.78 is 4.35. The molecule has 0 aromatic heterocycles. The second-order valence-corrected chi connectivity index (χ2v) is 2.73. The Morgan fingerprint density at radius 2 is 2.14 bits per heavy atom. The van der Waals surface area contributed by atoms with Crippen molar-refractivity contribution in [3.8, 4) is 5.75 Å². The Kier molecular flexibility index (Phi) is 3.23. The number of aromatic hydroxyl groups is 1. The van der Waals surface area contributed by atoms with Crippen LogP contribution >= 0.6 is 0 Å². The van der Waals surface area contributed by atoms with E-state index in [0.29, 0.717) is 5.56 Å². The van der Waals surface area contributed by atoms with Crippen molar-refractivity contribution >= 4 is 11.8 Å². The molecule has 0 aliphatic rings. The standard InChI is InChI=1S/C10H10O4/c1-14-10(13)6-9(12)7-3-2-4-8(11)5-7/h2-5,11H,6H2,1H3.